The van der Waals surface area contributed by atoms with Gasteiger partial charge in [-0.25, -0.2) is 0 Å². The topological polar surface area (TPSA) is 198 Å². The highest BCUT2D eigenvalue weighted by Gasteiger charge is 2.56. The molecule has 0 saturated carbocycles. The predicted octanol–water partition coefficient (Wildman–Crippen LogP) is 4.64. The largest absolute Gasteiger partial charge is 0.344 e. The van der Waals surface area contributed by atoms with Crippen molar-refractivity contribution in [3.8, 4) is 23.7 Å². The zero-order valence-corrected chi connectivity index (χ0v) is 45.0. The molecular weight excluding hydrogens is 969 g/mol. The van der Waals surface area contributed by atoms with Gasteiger partial charge in [0.2, 0.25) is 41.4 Å². The van der Waals surface area contributed by atoms with E-state index in [4.69, 9.17) is 12.2 Å². The monoisotopic (exact) mass is 1040 g/mol. The van der Waals surface area contributed by atoms with Crippen molar-refractivity contribution in [3.05, 3.63) is 71.8 Å². The summed E-state index contributed by atoms with van der Waals surface area (Å²) in [6.45, 7) is 13.4. The lowest BCUT2D eigenvalue weighted by Gasteiger charge is -2.35. The third-order valence-electron chi connectivity index (χ3n) is 14.2. The van der Waals surface area contributed by atoms with Crippen LogP contribution >= 0.6 is 35.7 Å². The number of thioether (sulfide) groups is 2. The predicted molar refractivity (Wildman–Crippen MR) is 287 cm³/mol. The first-order valence-electron chi connectivity index (χ1n) is 24.9. The maximum absolute atomic E-state index is 14.4. The molecule has 386 valence electrons. The number of carbonyl (C=O) groups is 7. The van der Waals surface area contributed by atoms with Crippen LogP contribution in [0.5, 0.6) is 0 Å². The minimum Gasteiger partial charge on any atom is -0.344 e. The fourth-order valence-corrected chi connectivity index (χ4v) is 13.4. The Bertz CT molecular complexity index is 2300. The molecule has 4 aliphatic rings. The normalized spacial score (nSPS) is 24.6. The third kappa shape index (κ3) is 13.4. The van der Waals surface area contributed by atoms with Crippen LogP contribution in [0.3, 0.4) is 0 Å². The number of hydrogen-bond acceptors (Lipinski definition) is 11. The van der Waals surface area contributed by atoms with E-state index in [0.29, 0.717) is 55.4 Å². The van der Waals surface area contributed by atoms with Crippen LogP contribution in [-0.2, 0) is 33.6 Å². The Labute approximate surface area is 438 Å². The Morgan fingerprint density at radius 1 is 0.708 bits per heavy atom. The number of hydrogen-bond donors (Lipinski definition) is 6. The summed E-state index contributed by atoms with van der Waals surface area (Å²) in [4.78, 5) is 102. The van der Waals surface area contributed by atoms with Gasteiger partial charge in [0, 0.05) is 22.7 Å². The van der Waals surface area contributed by atoms with Crippen molar-refractivity contribution >= 4 is 82.0 Å². The van der Waals surface area contributed by atoms with Gasteiger partial charge in [0.1, 0.15) is 30.2 Å². The van der Waals surface area contributed by atoms with Crippen LogP contribution in [0.1, 0.15) is 110 Å². The molecule has 4 fully saturated rings. The summed E-state index contributed by atoms with van der Waals surface area (Å²) < 4.78 is 0. The fraction of sp³-hybridized carbons (Fsp3) is 0.556. The van der Waals surface area contributed by atoms with Crippen molar-refractivity contribution in [2.45, 2.75) is 134 Å². The highest BCUT2D eigenvalue weighted by atomic mass is 32.2. The zero-order chi connectivity index (χ0) is 52.3. The molecule has 0 aliphatic carbocycles. The summed E-state index contributed by atoms with van der Waals surface area (Å²) >= 11 is 8.97. The minimum atomic E-state index is -1.11. The van der Waals surface area contributed by atoms with E-state index in [2.05, 4.69) is 55.6 Å². The molecular formula is C54H70N8O7S3. The van der Waals surface area contributed by atoms with Gasteiger partial charge in [0.15, 0.2) is 0 Å². The SMILES string of the molecule is CC[C@@H](C)C(=O)N[C@H]1CCS[C@H]2CC(C)(C)[C@@H](C(=O)N[C@H](C(=O)NCC#CC#CCNC(=O)[C@@H](NC(=O)[C@H]3N4C(=O)[C@@H](CC(=S)[C@H](C)NC)CCS[C@H]4CC3(C)C)c3ccccc3)c3ccccc3)N2C1=O. The van der Waals surface area contributed by atoms with E-state index < -0.39 is 64.7 Å². The lowest BCUT2D eigenvalue weighted by atomic mass is 9.83. The fourth-order valence-electron chi connectivity index (χ4n) is 9.87. The van der Waals surface area contributed by atoms with E-state index in [-0.39, 0.29) is 59.4 Å². The Morgan fingerprint density at radius 2 is 1.17 bits per heavy atom. The van der Waals surface area contributed by atoms with E-state index in [0.717, 1.165) is 10.6 Å². The molecule has 0 unspecified atom stereocenters. The Morgan fingerprint density at radius 3 is 1.62 bits per heavy atom. The zero-order valence-electron chi connectivity index (χ0n) is 42.6. The van der Waals surface area contributed by atoms with Gasteiger partial charge in [-0.15, -0.1) is 23.5 Å². The first-order chi connectivity index (χ1) is 34.3. The molecule has 10 atom stereocenters. The number of carbonyl (C=O) groups excluding carboxylic acids is 7. The Kier molecular flexibility index (Phi) is 19.4. The van der Waals surface area contributed by atoms with Crippen molar-refractivity contribution in [3.63, 3.8) is 0 Å². The molecule has 0 radical (unpaired) electrons. The number of nitrogens with zero attached hydrogens (tertiary/aromatic N) is 2. The maximum atomic E-state index is 14.4. The third-order valence-corrected chi connectivity index (χ3v) is 17.3. The molecule has 4 heterocycles. The molecule has 0 spiro atoms. The molecule has 0 aromatic heterocycles. The molecule has 18 heteroatoms. The van der Waals surface area contributed by atoms with E-state index >= 15 is 0 Å². The second-order valence-electron chi connectivity index (χ2n) is 20.4. The number of benzene rings is 2. The van der Waals surface area contributed by atoms with Gasteiger partial charge in [-0.3, -0.25) is 33.6 Å². The summed E-state index contributed by atoms with van der Waals surface area (Å²) in [6, 6.07) is 13.0. The molecule has 6 N–H and O–H groups in total. The van der Waals surface area contributed by atoms with Crippen molar-refractivity contribution < 1.29 is 33.6 Å². The van der Waals surface area contributed by atoms with Gasteiger partial charge in [-0.2, -0.15) is 0 Å². The lowest BCUT2D eigenvalue weighted by molar-refractivity contribution is -0.144. The van der Waals surface area contributed by atoms with Crippen LogP contribution in [0.4, 0.5) is 0 Å². The first-order valence-corrected chi connectivity index (χ1v) is 27.4. The molecule has 4 aliphatic heterocycles. The molecule has 4 saturated heterocycles. The van der Waals surface area contributed by atoms with Crippen molar-refractivity contribution in [1.82, 2.24) is 41.7 Å². The van der Waals surface area contributed by atoms with Crippen LogP contribution in [0.25, 0.3) is 0 Å². The first kappa shape index (κ1) is 55.9. The summed E-state index contributed by atoms with van der Waals surface area (Å²) in [5.41, 5.74) is -0.104. The quantitative estimate of drug-likeness (QED) is 0.0955. The van der Waals surface area contributed by atoms with Crippen LogP contribution in [0.15, 0.2) is 60.7 Å². The van der Waals surface area contributed by atoms with Gasteiger partial charge in [-0.05, 0) is 97.8 Å². The summed E-state index contributed by atoms with van der Waals surface area (Å²) in [5.74, 6) is 9.34. The molecule has 2 aromatic rings. The summed E-state index contributed by atoms with van der Waals surface area (Å²) in [6.07, 6.45) is 3.39. The van der Waals surface area contributed by atoms with Gasteiger partial charge in [-0.1, -0.05) is 126 Å². The van der Waals surface area contributed by atoms with Crippen molar-refractivity contribution in [2.24, 2.45) is 22.7 Å². The molecule has 2 aromatic carbocycles. The Hall–Kier alpha value is -5.40. The van der Waals surface area contributed by atoms with Crippen molar-refractivity contribution in [2.75, 3.05) is 31.6 Å². The standard InChI is InChI=1S/C54H70N8O7S3/c1-9-33(2)46(63)58-38-25-29-72-41-32-54(6,7)45(62(41)52(38)69)50(67)60-43(36-22-16-13-17-23-36)48(65)57-27-19-11-10-18-26-56-47(64)42(35-20-14-12-15-21-35)59-49(66)44-53(4,5)31-40-61(44)51(68)37(24-28-71-40)30-39(70)34(3)55-8/h12-17,20-23,33-34,37-38,40-45,55H,9,24-32H2,1-8H3,(H,56,64)(H,57,65)(H,58,63)(H,59,66)(H,60,67)/t33-,34+,37-,38+,40+,41+,42+,43+,44-,45-/m1/s1. The molecule has 72 heavy (non-hydrogen) atoms. The second kappa shape index (κ2) is 25.0. The van der Waals surface area contributed by atoms with Crippen LogP contribution in [-0.4, -0.2) is 123 Å². The van der Waals surface area contributed by atoms with Crippen LogP contribution < -0.4 is 31.9 Å². The van der Waals surface area contributed by atoms with Crippen LogP contribution in [0, 0.1) is 46.3 Å². The second-order valence-corrected chi connectivity index (χ2v) is 23.5. The highest BCUT2D eigenvalue weighted by Crippen LogP contribution is 2.48. The van der Waals surface area contributed by atoms with Crippen LogP contribution in [0.2, 0.25) is 0 Å². The number of amides is 7. The molecule has 7 amide bonds. The average Bonchev–Trinajstić information content (AvgIpc) is 3.68. The number of thiocarbonyl (C=S) groups is 1. The Balaban J connectivity index is 1.08. The van der Waals surface area contributed by atoms with Gasteiger partial charge in [0.05, 0.1) is 23.8 Å². The smallest absolute Gasteiger partial charge is 0.247 e. The number of fused-ring (bicyclic) bond motifs is 2. The highest BCUT2D eigenvalue weighted by molar-refractivity contribution is 8.00. The molecule has 6 rings (SSSR count). The van der Waals surface area contributed by atoms with Gasteiger partial charge < -0.3 is 41.7 Å². The average molecular weight is 1040 g/mol. The van der Waals surface area contributed by atoms with E-state index in [9.17, 15) is 33.6 Å². The molecule has 15 nitrogen and oxygen atoms in total. The number of rotatable bonds is 17. The van der Waals surface area contributed by atoms with Gasteiger partial charge >= 0.3 is 0 Å². The van der Waals surface area contributed by atoms with E-state index in [1.165, 1.54) is 0 Å². The lowest BCUT2D eigenvalue weighted by Crippen LogP contribution is -2.58. The van der Waals surface area contributed by atoms with Gasteiger partial charge in [0.25, 0.3) is 0 Å². The summed E-state index contributed by atoms with van der Waals surface area (Å²) in [7, 11) is 1.84. The summed E-state index contributed by atoms with van der Waals surface area (Å²) in [5, 5.41) is 17.1. The van der Waals surface area contributed by atoms with E-state index in [1.807, 2.05) is 61.6 Å². The minimum absolute atomic E-state index is 0.0316. The van der Waals surface area contributed by atoms with Crippen molar-refractivity contribution in [1.29, 1.82) is 0 Å². The van der Waals surface area contributed by atoms with E-state index in [1.54, 1.807) is 87.9 Å². The maximum Gasteiger partial charge on any atom is 0.247 e. The molecule has 0 bridgehead atoms. The number of nitrogens with one attached hydrogen (secondary N) is 6.